The van der Waals surface area contributed by atoms with Crippen molar-refractivity contribution in [1.29, 1.82) is 0 Å². The summed E-state index contributed by atoms with van der Waals surface area (Å²) in [6.07, 6.45) is 9.91. The number of likely N-dealkylation sites (tertiary alicyclic amines) is 1. The fourth-order valence-corrected chi connectivity index (χ4v) is 7.66. The van der Waals surface area contributed by atoms with E-state index in [9.17, 15) is 24.3 Å². The predicted octanol–water partition coefficient (Wildman–Crippen LogP) is 1.80. The second-order valence-corrected chi connectivity index (χ2v) is 12.4. The lowest BCUT2D eigenvalue weighted by atomic mass is 9.74. The molecule has 0 radical (unpaired) electrons. The summed E-state index contributed by atoms with van der Waals surface area (Å²) in [5.74, 6) is -3.31. The Morgan fingerprint density at radius 1 is 1.15 bits per heavy atom. The molecule has 5 bridgehead atoms. The molecule has 10 nitrogen and oxygen atoms in total. The van der Waals surface area contributed by atoms with E-state index in [-0.39, 0.29) is 37.4 Å². The van der Waals surface area contributed by atoms with Crippen molar-refractivity contribution in [3.05, 3.63) is 22.7 Å². The molecule has 0 unspecified atom stereocenters. The summed E-state index contributed by atoms with van der Waals surface area (Å²) in [4.78, 5) is 57.8. The van der Waals surface area contributed by atoms with Gasteiger partial charge < -0.3 is 29.7 Å². The number of hydrogen-bond acceptors (Lipinski definition) is 7. The van der Waals surface area contributed by atoms with E-state index in [0.717, 1.165) is 32.1 Å². The van der Waals surface area contributed by atoms with E-state index >= 15 is 0 Å². The predicted molar refractivity (Wildman–Crippen MR) is 144 cm³/mol. The first-order chi connectivity index (χ1) is 18.7. The van der Waals surface area contributed by atoms with Gasteiger partial charge in [0.2, 0.25) is 17.7 Å². The van der Waals surface area contributed by atoms with E-state index in [4.69, 9.17) is 9.47 Å². The average Bonchev–Trinajstić information content (AvgIpc) is 3.52. The smallest absolute Gasteiger partial charge is 0.313 e. The Balaban J connectivity index is 1.59. The lowest BCUT2D eigenvalue weighted by molar-refractivity contribution is -0.159. The summed E-state index contributed by atoms with van der Waals surface area (Å²) in [6.45, 7) is 3.55. The molecule has 1 aliphatic carbocycles. The van der Waals surface area contributed by atoms with Crippen molar-refractivity contribution in [2.24, 2.45) is 11.8 Å². The SMILES string of the molecule is C[C@H](CO)N1C(=O)[C@@H]2[C@H]3C(=O)O[C@@H](C)CNC(=O)CC/C=C\CN(C4CCCCC4)C(=O)[C@@H]1[C@]21C=C(Br)[C@H]3O1. The molecule has 3 amide bonds. The van der Waals surface area contributed by atoms with Gasteiger partial charge in [0.15, 0.2) is 0 Å². The number of cyclic esters (lactones) is 1. The van der Waals surface area contributed by atoms with Crippen molar-refractivity contribution >= 4 is 39.6 Å². The summed E-state index contributed by atoms with van der Waals surface area (Å²) in [5, 5.41) is 12.9. The van der Waals surface area contributed by atoms with Crippen LogP contribution in [-0.2, 0) is 28.7 Å². The lowest BCUT2D eigenvalue weighted by Gasteiger charge is -2.41. The van der Waals surface area contributed by atoms with E-state index in [0.29, 0.717) is 17.4 Å². The Bertz CT molecular complexity index is 1070. The molecule has 39 heavy (non-hydrogen) atoms. The number of aliphatic hydroxyl groups excluding tert-OH is 1. The zero-order chi connectivity index (χ0) is 27.9. The molecule has 5 rings (SSSR count). The highest BCUT2D eigenvalue weighted by atomic mass is 79.9. The zero-order valence-corrected chi connectivity index (χ0v) is 24.1. The molecule has 0 aromatic rings. The summed E-state index contributed by atoms with van der Waals surface area (Å²) < 4.78 is 12.8. The summed E-state index contributed by atoms with van der Waals surface area (Å²) >= 11 is 3.54. The molecule has 7 atom stereocenters. The van der Waals surface area contributed by atoms with Crippen LogP contribution in [0.3, 0.4) is 0 Å². The van der Waals surface area contributed by atoms with Gasteiger partial charge in [-0.3, -0.25) is 19.2 Å². The molecular weight excluding hydrogens is 570 g/mol. The molecular formula is C28H38BrN3O7. The topological polar surface area (TPSA) is 125 Å². The maximum atomic E-state index is 14.6. The number of allylic oxidation sites excluding steroid dienone is 1. The standard InChI is InChI=1S/C28H38BrN3O7/c1-16(15-33)32-24-26(36)31(18-9-5-3-6-10-18)12-8-4-7-11-20(34)30-14-17(2)38-27(37)21-22(25(32)35)28(24)13-19(29)23(21)39-28/h4,8,13,16-18,21-24,33H,3,5-7,9-12,14-15H2,1-2H3,(H,30,34)/b8-4-/t16-,17+,21-,22+,23-,24-,28+/m1/s1. The first kappa shape index (κ1) is 28.3. The van der Waals surface area contributed by atoms with Gasteiger partial charge in [-0.25, -0.2) is 0 Å². The Morgan fingerprint density at radius 2 is 1.90 bits per heavy atom. The van der Waals surface area contributed by atoms with Gasteiger partial charge in [-0.1, -0.05) is 47.3 Å². The van der Waals surface area contributed by atoms with Gasteiger partial charge in [0.05, 0.1) is 25.1 Å². The van der Waals surface area contributed by atoms with Gasteiger partial charge in [0.1, 0.15) is 29.8 Å². The van der Waals surface area contributed by atoms with Crippen LogP contribution in [0.1, 0.15) is 58.8 Å². The molecule has 5 aliphatic rings. The first-order valence-electron chi connectivity index (χ1n) is 14.1. The minimum atomic E-state index is -1.35. The number of hydrogen-bond donors (Lipinski definition) is 2. The summed E-state index contributed by atoms with van der Waals surface area (Å²) in [6, 6.07) is -1.67. The van der Waals surface area contributed by atoms with Crippen molar-refractivity contribution in [3.63, 3.8) is 0 Å². The third kappa shape index (κ3) is 4.95. The fourth-order valence-electron chi connectivity index (χ4n) is 6.92. The molecule has 4 aliphatic heterocycles. The Hall–Kier alpha value is -2.24. The summed E-state index contributed by atoms with van der Waals surface area (Å²) in [5.41, 5.74) is -1.35. The number of fused-ring (bicyclic) bond motifs is 2. The van der Waals surface area contributed by atoms with Gasteiger partial charge in [0.25, 0.3) is 0 Å². The molecule has 3 fully saturated rings. The second kappa shape index (κ2) is 11.3. The van der Waals surface area contributed by atoms with Crippen LogP contribution in [0.5, 0.6) is 0 Å². The largest absolute Gasteiger partial charge is 0.460 e. The van der Waals surface area contributed by atoms with Gasteiger partial charge >= 0.3 is 5.97 Å². The molecule has 11 heteroatoms. The maximum Gasteiger partial charge on any atom is 0.313 e. The number of halogens is 1. The van der Waals surface area contributed by atoms with Gasteiger partial charge in [-0.05, 0) is 39.2 Å². The highest BCUT2D eigenvalue weighted by molar-refractivity contribution is 9.11. The molecule has 0 aromatic heterocycles. The van der Waals surface area contributed by atoms with Crippen LogP contribution in [0.2, 0.25) is 0 Å². The van der Waals surface area contributed by atoms with Crippen LogP contribution < -0.4 is 5.32 Å². The maximum absolute atomic E-state index is 14.6. The van der Waals surface area contributed by atoms with Crippen molar-refractivity contribution < 1.29 is 33.8 Å². The van der Waals surface area contributed by atoms with E-state index < -0.39 is 53.6 Å². The highest BCUT2D eigenvalue weighted by Gasteiger charge is 2.75. The van der Waals surface area contributed by atoms with Crippen LogP contribution in [0.4, 0.5) is 0 Å². The number of esters is 1. The van der Waals surface area contributed by atoms with E-state index in [1.165, 1.54) is 4.90 Å². The van der Waals surface area contributed by atoms with Gasteiger partial charge in [-0.15, -0.1) is 0 Å². The van der Waals surface area contributed by atoms with Gasteiger partial charge in [-0.2, -0.15) is 0 Å². The fraction of sp³-hybridized carbons (Fsp3) is 0.714. The quantitative estimate of drug-likeness (QED) is 0.370. The van der Waals surface area contributed by atoms with E-state index in [1.54, 1.807) is 19.9 Å². The molecule has 2 saturated heterocycles. The number of rotatable bonds is 3. The normalized spacial score (nSPS) is 37.8. The Kier molecular flexibility index (Phi) is 8.22. The molecule has 1 saturated carbocycles. The molecule has 2 N–H and O–H groups in total. The summed E-state index contributed by atoms with van der Waals surface area (Å²) in [7, 11) is 0. The average molecular weight is 609 g/mol. The molecule has 214 valence electrons. The Morgan fingerprint density at radius 3 is 2.62 bits per heavy atom. The van der Waals surface area contributed by atoms with Crippen molar-refractivity contribution in [3.8, 4) is 0 Å². The monoisotopic (exact) mass is 607 g/mol. The van der Waals surface area contributed by atoms with E-state index in [2.05, 4.69) is 21.2 Å². The van der Waals surface area contributed by atoms with Crippen LogP contribution in [0.25, 0.3) is 0 Å². The zero-order valence-electron chi connectivity index (χ0n) is 22.5. The van der Waals surface area contributed by atoms with Crippen molar-refractivity contribution in [1.82, 2.24) is 15.1 Å². The number of carbonyl (C=O) groups excluding carboxylic acids is 4. The van der Waals surface area contributed by atoms with E-state index in [1.807, 2.05) is 17.1 Å². The lowest BCUT2D eigenvalue weighted by Crippen LogP contribution is -2.59. The number of nitrogens with one attached hydrogen (secondary N) is 1. The van der Waals surface area contributed by atoms with Crippen LogP contribution in [0, 0.1) is 11.8 Å². The van der Waals surface area contributed by atoms with Crippen molar-refractivity contribution in [2.45, 2.75) is 94.7 Å². The second-order valence-electron chi connectivity index (χ2n) is 11.4. The van der Waals surface area contributed by atoms with Crippen LogP contribution in [-0.4, -0.2) is 94.2 Å². The number of carbonyl (C=O) groups is 4. The molecule has 4 heterocycles. The van der Waals surface area contributed by atoms with Crippen molar-refractivity contribution in [2.75, 3.05) is 19.7 Å². The number of amides is 3. The Labute approximate surface area is 237 Å². The number of nitrogens with zero attached hydrogens (tertiary/aromatic N) is 2. The highest BCUT2D eigenvalue weighted by Crippen LogP contribution is 2.59. The number of aliphatic hydroxyl groups is 1. The third-order valence-electron chi connectivity index (χ3n) is 8.82. The first-order valence-corrected chi connectivity index (χ1v) is 14.9. The van der Waals surface area contributed by atoms with Crippen LogP contribution in [0.15, 0.2) is 22.7 Å². The minimum Gasteiger partial charge on any atom is -0.460 e. The minimum absolute atomic E-state index is 0.00533. The van der Waals surface area contributed by atoms with Crippen LogP contribution >= 0.6 is 15.9 Å². The third-order valence-corrected chi connectivity index (χ3v) is 9.50. The number of ether oxygens (including phenoxy) is 2. The van der Waals surface area contributed by atoms with Gasteiger partial charge in [0, 0.05) is 23.5 Å². The molecule has 1 spiro atoms. The molecule has 0 aromatic carbocycles.